The van der Waals surface area contributed by atoms with Crippen LogP contribution in [0.15, 0.2) is 39.5 Å². The predicted octanol–water partition coefficient (Wildman–Crippen LogP) is 9.53. The Hall–Kier alpha value is -3.35. The first-order valence-electron chi connectivity index (χ1n) is 15.9. The summed E-state index contributed by atoms with van der Waals surface area (Å²) in [5, 5.41) is 19.8. The first kappa shape index (κ1) is 33.2. The Bertz CT molecular complexity index is 1280. The predicted molar refractivity (Wildman–Crippen MR) is 169 cm³/mol. The molecular formula is C35H50O7. The number of ether oxygens (including phenoxy) is 3. The van der Waals surface area contributed by atoms with Crippen LogP contribution in [0.5, 0.6) is 28.7 Å². The second-order valence-corrected chi connectivity index (χ2v) is 11.1. The van der Waals surface area contributed by atoms with Gasteiger partial charge in [0.2, 0.25) is 5.75 Å². The molecule has 3 rings (SSSR count). The molecule has 0 saturated carbocycles. The van der Waals surface area contributed by atoms with Crippen molar-refractivity contribution in [3.05, 3.63) is 40.6 Å². The highest BCUT2D eigenvalue weighted by Gasteiger charge is 2.21. The number of fused-ring (bicyclic) bond motifs is 1. The molecule has 1 aromatic heterocycles. The Kier molecular flexibility index (Phi) is 14.4. The third-order valence-electron chi connectivity index (χ3n) is 7.82. The number of unbranched alkanes of at least 4 members (excludes halogenated alkanes) is 15. The van der Waals surface area contributed by atoms with Crippen LogP contribution in [0.4, 0.5) is 0 Å². The Morgan fingerprint density at radius 1 is 0.667 bits per heavy atom. The maximum Gasteiger partial charge on any atom is 0.204 e. The van der Waals surface area contributed by atoms with Crippen molar-refractivity contribution in [2.24, 2.45) is 0 Å². The molecular weight excluding hydrogens is 532 g/mol. The molecule has 1 heterocycles. The van der Waals surface area contributed by atoms with Crippen molar-refractivity contribution in [1.82, 2.24) is 0 Å². The van der Waals surface area contributed by atoms with Crippen LogP contribution >= 0.6 is 0 Å². The summed E-state index contributed by atoms with van der Waals surface area (Å²) in [5.74, 6) is 0.744. The lowest BCUT2D eigenvalue weighted by atomic mass is 10.0. The lowest BCUT2D eigenvalue weighted by Crippen LogP contribution is -2.08. The molecule has 0 amide bonds. The molecule has 2 aromatic carbocycles. The summed E-state index contributed by atoms with van der Waals surface area (Å²) >= 11 is 0. The number of aromatic hydroxyl groups is 2. The highest BCUT2D eigenvalue weighted by atomic mass is 16.5. The molecule has 0 atom stereocenters. The summed E-state index contributed by atoms with van der Waals surface area (Å²) in [6.07, 6.45) is 20.8. The Balaban J connectivity index is 1.46. The smallest absolute Gasteiger partial charge is 0.204 e. The van der Waals surface area contributed by atoms with Gasteiger partial charge in [-0.15, -0.1) is 0 Å². The van der Waals surface area contributed by atoms with E-state index >= 15 is 0 Å². The van der Waals surface area contributed by atoms with E-state index in [0.29, 0.717) is 29.4 Å². The molecule has 0 aliphatic rings. The van der Waals surface area contributed by atoms with Gasteiger partial charge in [0, 0.05) is 17.7 Å². The van der Waals surface area contributed by atoms with Crippen molar-refractivity contribution in [3.63, 3.8) is 0 Å². The van der Waals surface area contributed by atoms with Gasteiger partial charge in [-0.2, -0.15) is 0 Å². The van der Waals surface area contributed by atoms with Gasteiger partial charge in [-0.1, -0.05) is 103 Å². The van der Waals surface area contributed by atoms with Gasteiger partial charge in [0.1, 0.15) is 16.7 Å². The average molecular weight is 583 g/mol. The molecule has 0 aliphatic heterocycles. The number of hydrogen-bond donors (Lipinski definition) is 2. The normalized spacial score (nSPS) is 11.2. The second-order valence-electron chi connectivity index (χ2n) is 11.1. The molecule has 0 radical (unpaired) electrons. The summed E-state index contributed by atoms with van der Waals surface area (Å²) in [5.41, 5.74) is 0.432. The lowest BCUT2D eigenvalue weighted by Gasteiger charge is -2.16. The van der Waals surface area contributed by atoms with Crippen LogP contribution in [-0.2, 0) is 0 Å². The summed E-state index contributed by atoms with van der Waals surface area (Å²) < 4.78 is 23.2. The summed E-state index contributed by atoms with van der Waals surface area (Å²) in [7, 11) is 3.03. The second kappa shape index (κ2) is 18.2. The van der Waals surface area contributed by atoms with Crippen molar-refractivity contribution < 1.29 is 28.8 Å². The third-order valence-corrected chi connectivity index (χ3v) is 7.82. The molecule has 3 aromatic rings. The first-order chi connectivity index (χ1) is 20.5. The minimum atomic E-state index is -0.304. The first-order valence-corrected chi connectivity index (χ1v) is 15.9. The van der Waals surface area contributed by atoms with E-state index in [1.807, 2.05) is 0 Å². The number of phenolic OH excluding ortho intramolecular Hbond substituents is 2. The average Bonchev–Trinajstić information content (AvgIpc) is 2.99. The van der Waals surface area contributed by atoms with E-state index in [-0.39, 0.29) is 33.7 Å². The van der Waals surface area contributed by atoms with E-state index < -0.39 is 0 Å². The topological polar surface area (TPSA) is 98.4 Å². The molecule has 0 saturated heterocycles. The van der Waals surface area contributed by atoms with Crippen molar-refractivity contribution in [2.75, 3.05) is 20.8 Å². The molecule has 0 bridgehead atoms. The fourth-order valence-corrected chi connectivity index (χ4v) is 5.37. The lowest BCUT2D eigenvalue weighted by molar-refractivity contribution is 0.279. The Morgan fingerprint density at radius 2 is 1.24 bits per heavy atom. The number of methoxy groups -OCH3 is 2. The van der Waals surface area contributed by atoms with E-state index in [1.165, 1.54) is 122 Å². The largest absolute Gasteiger partial charge is 0.504 e. The molecule has 232 valence electrons. The number of benzene rings is 2. The van der Waals surface area contributed by atoms with Gasteiger partial charge in [-0.05, 0) is 24.6 Å². The number of phenols is 2. The number of rotatable bonds is 21. The zero-order valence-electron chi connectivity index (χ0n) is 25.8. The van der Waals surface area contributed by atoms with Gasteiger partial charge < -0.3 is 28.8 Å². The van der Waals surface area contributed by atoms with Gasteiger partial charge in [-0.3, -0.25) is 4.79 Å². The van der Waals surface area contributed by atoms with E-state index in [1.54, 1.807) is 12.1 Å². The van der Waals surface area contributed by atoms with Crippen LogP contribution in [0.25, 0.3) is 22.3 Å². The molecule has 7 nitrogen and oxygen atoms in total. The quantitative estimate of drug-likeness (QED) is 0.0953. The maximum atomic E-state index is 13.2. The minimum Gasteiger partial charge on any atom is -0.504 e. The Labute approximate surface area is 250 Å². The van der Waals surface area contributed by atoms with Gasteiger partial charge in [0.25, 0.3) is 0 Å². The van der Waals surface area contributed by atoms with Crippen LogP contribution in [-0.4, -0.2) is 31.0 Å². The molecule has 0 fully saturated rings. The van der Waals surface area contributed by atoms with Crippen molar-refractivity contribution in [2.45, 2.75) is 110 Å². The fraction of sp³-hybridized carbons (Fsp3) is 0.571. The Morgan fingerprint density at radius 3 is 1.76 bits per heavy atom. The zero-order chi connectivity index (χ0) is 30.2. The van der Waals surface area contributed by atoms with Crippen LogP contribution < -0.4 is 19.6 Å². The molecule has 7 heteroatoms. The van der Waals surface area contributed by atoms with Crippen molar-refractivity contribution in [3.8, 4) is 40.1 Å². The minimum absolute atomic E-state index is 0.249. The summed E-state index contributed by atoms with van der Waals surface area (Å²) in [4.78, 5) is 13.2. The molecule has 0 spiro atoms. The maximum absolute atomic E-state index is 13.2. The van der Waals surface area contributed by atoms with E-state index in [2.05, 4.69) is 6.92 Å². The van der Waals surface area contributed by atoms with E-state index in [9.17, 15) is 15.0 Å². The monoisotopic (exact) mass is 582 g/mol. The van der Waals surface area contributed by atoms with E-state index in [4.69, 9.17) is 18.6 Å². The standard InChI is InChI=1S/C35H50O7/c1-4-5-6-7-8-9-10-11-12-13-14-15-16-17-18-19-22-41-35-33-29(38)24-30(26-20-21-27(36)28(37)23-26)42-31(33)25-32(39-2)34(35)40-3/h20-21,23-25,36-37H,4-19,22H2,1-3H3. The van der Waals surface area contributed by atoms with Gasteiger partial charge in [-0.25, -0.2) is 0 Å². The zero-order valence-corrected chi connectivity index (χ0v) is 25.8. The molecule has 0 aliphatic carbocycles. The van der Waals surface area contributed by atoms with Gasteiger partial charge >= 0.3 is 0 Å². The van der Waals surface area contributed by atoms with Crippen LogP contribution in [0.1, 0.15) is 110 Å². The summed E-state index contributed by atoms with van der Waals surface area (Å²) in [6, 6.07) is 7.20. The highest BCUT2D eigenvalue weighted by molar-refractivity contribution is 5.90. The van der Waals surface area contributed by atoms with Crippen molar-refractivity contribution >= 4 is 11.0 Å². The van der Waals surface area contributed by atoms with Crippen molar-refractivity contribution in [1.29, 1.82) is 0 Å². The fourth-order valence-electron chi connectivity index (χ4n) is 5.37. The van der Waals surface area contributed by atoms with Gasteiger partial charge in [0.15, 0.2) is 28.4 Å². The molecule has 0 unspecified atom stereocenters. The third kappa shape index (κ3) is 9.88. The molecule has 2 N–H and O–H groups in total. The summed E-state index contributed by atoms with van der Waals surface area (Å²) in [6.45, 7) is 2.72. The highest BCUT2D eigenvalue weighted by Crippen LogP contribution is 2.43. The van der Waals surface area contributed by atoms with E-state index in [0.717, 1.165) is 12.8 Å². The number of hydrogen-bond acceptors (Lipinski definition) is 7. The van der Waals surface area contributed by atoms with Crippen LogP contribution in [0, 0.1) is 0 Å². The van der Waals surface area contributed by atoms with Crippen LogP contribution in [0.2, 0.25) is 0 Å². The van der Waals surface area contributed by atoms with Gasteiger partial charge in [0.05, 0.1) is 20.8 Å². The SMILES string of the molecule is CCCCCCCCCCCCCCCCCCOc1c(OC)c(OC)cc2oc(-c3ccc(O)c(O)c3)cc(=O)c12. The molecule has 42 heavy (non-hydrogen) atoms. The van der Waals surface area contributed by atoms with Crippen LogP contribution in [0.3, 0.4) is 0 Å².